The first-order valence-corrected chi connectivity index (χ1v) is 5.91. The van der Waals surface area contributed by atoms with Gasteiger partial charge in [-0.15, -0.1) is 0 Å². The Labute approximate surface area is 110 Å². The number of carbonyl (C=O) groups excluding carboxylic acids is 1. The topological polar surface area (TPSA) is 102 Å². The molecule has 0 bridgehead atoms. The molecule has 6 nitrogen and oxygen atoms in total. The normalized spacial score (nSPS) is 26.1. The number of anilines is 1. The van der Waals surface area contributed by atoms with Crippen molar-refractivity contribution in [2.24, 2.45) is 11.1 Å². The van der Waals surface area contributed by atoms with Crippen LogP contribution in [0.3, 0.4) is 0 Å². The lowest BCUT2D eigenvalue weighted by molar-refractivity contribution is -0.125. The van der Waals surface area contributed by atoms with Gasteiger partial charge in [-0.3, -0.25) is 4.79 Å². The van der Waals surface area contributed by atoms with E-state index in [1.54, 1.807) is 19.1 Å². The van der Waals surface area contributed by atoms with Crippen LogP contribution in [0.1, 0.15) is 17.3 Å². The number of carboxylic acid groups (broad SMARTS) is 1. The third-order valence-corrected chi connectivity index (χ3v) is 3.43. The maximum absolute atomic E-state index is 12.2. The lowest BCUT2D eigenvalue weighted by Gasteiger charge is -2.25. The minimum atomic E-state index is -1.00. The summed E-state index contributed by atoms with van der Waals surface area (Å²) < 4.78 is 5.22. The summed E-state index contributed by atoms with van der Waals surface area (Å²) in [7, 11) is 0. The largest absolute Gasteiger partial charge is 0.478 e. The highest BCUT2D eigenvalue weighted by molar-refractivity contribution is 5.96. The van der Waals surface area contributed by atoms with Crippen LogP contribution in [0.15, 0.2) is 24.3 Å². The Morgan fingerprint density at radius 2 is 2.05 bits per heavy atom. The van der Waals surface area contributed by atoms with E-state index >= 15 is 0 Å². The monoisotopic (exact) mass is 264 g/mol. The lowest BCUT2D eigenvalue weighted by Crippen LogP contribution is -2.47. The summed E-state index contributed by atoms with van der Waals surface area (Å²) in [5, 5.41) is 11.5. The van der Waals surface area contributed by atoms with E-state index in [1.807, 2.05) is 0 Å². The third-order valence-electron chi connectivity index (χ3n) is 3.43. The molecule has 2 unspecified atom stereocenters. The average Bonchev–Trinajstić information content (AvgIpc) is 2.71. The number of hydrogen-bond donors (Lipinski definition) is 3. The second-order valence-corrected chi connectivity index (χ2v) is 4.88. The van der Waals surface area contributed by atoms with Gasteiger partial charge in [0.15, 0.2) is 0 Å². The van der Waals surface area contributed by atoms with Gasteiger partial charge in [-0.2, -0.15) is 0 Å². The molecule has 2 rings (SSSR count). The highest BCUT2D eigenvalue weighted by Gasteiger charge is 2.44. The minimum Gasteiger partial charge on any atom is -0.478 e. The predicted molar refractivity (Wildman–Crippen MR) is 68.9 cm³/mol. The van der Waals surface area contributed by atoms with E-state index in [4.69, 9.17) is 15.6 Å². The summed E-state index contributed by atoms with van der Waals surface area (Å²) in [6, 6.07) is 5.63. The van der Waals surface area contributed by atoms with E-state index in [1.165, 1.54) is 12.1 Å². The average molecular weight is 264 g/mol. The Kier molecular flexibility index (Phi) is 3.55. The summed E-state index contributed by atoms with van der Waals surface area (Å²) in [5.74, 6) is -1.23. The van der Waals surface area contributed by atoms with Crippen molar-refractivity contribution in [1.82, 2.24) is 0 Å². The predicted octanol–water partition coefficient (Wildman–Crippen LogP) is 0.687. The first kappa shape index (κ1) is 13.5. The molecule has 1 aromatic rings. The Hall–Kier alpha value is -1.92. The molecule has 0 radical (unpaired) electrons. The molecule has 0 spiro atoms. The van der Waals surface area contributed by atoms with E-state index in [2.05, 4.69) is 5.32 Å². The number of hydrogen-bond acceptors (Lipinski definition) is 4. The van der Waals surface area contributed by atoms with Gasteiger partial charge in [-0.05, 0) is 31.2 Å². The molecule has 1 saturated heterocycles. The number of carbonyl (C=O) groups is 2. The zero-order chi connectivity index (χ0) is 14.0. The molecule has 19 heavy (non-hydrogen) atoms. The van der Waals surface area contributed by atoms with Crippen LogP contribution in [0.2, 0.25) is 0 Å². The van der Waals surface area contributed by atoms with Crippen LogP contribution >= 0.6 is 0 Å². The molecular formula is C13H16N2O4. The molecule has 1 amide bonds. The number of rotatable bonds is 3. The summed E-state index contributed by atoms with van der Waals surface area (Å²) in [5.41, 5.74) is 5.82. The highest BCUT2D eigenvalue weighted by Crippen LogP contribution is 2.28. The summed E-state index contributed by atoms with van der Waals surface area (Å²) in [4.78, 5) is 22.9. The van der Waals surface area contributed by atoms with Crippen molar-refractivity contribution in [3.63, 3.8) is 0 Å². The number of ether oxygens (including phenoxy) is 1. The van der Waals surface area contributed by atoms with Crippen molar-refractivity contribution in [3.8, 4) is 0 Å². The lowest BCUT2D eigenvalue weighted by atomic mass is 9.85. The van der Waals surface area contributed by atoms with E-state index < -0.39 is 11.4 Å². The summed E-state index contributed by atoms with van der Waals surface area (Å²) in [6.07, 6.45) is 0. The molecule has 102 valence electrons. The number of benzene rings is 1. The summed E-state index contributed by atoms with van der Waals surface area (Å²) >= 11 is 0. The number of aromatic carboxylic acids is 1. The first-order valence-electron chi connectivity index (χ1n) is 5.91. The molecule has 1 fully saturated rings. The number of nitrogens with one attached hydrogen (secondary N) is 1. The van der Waals surface area contributed by atoms with Crippen molar-refractivity contribution >= 4 is 17.6 Å². The number of nitrogens with two attached hydrogens (primary N) is 1. The Balaban J connectivity index is 2.09. The van der Waals surface area contributed by atoms with Crippen LogP contribution in [0.25, 0.3) is 0 Å². The quantitative estimate of drug-likeness (QED) is 0.745. The first-order chi connectivity index (χ1) is 8.93. The maximum Gasteiger partial charge on any atom is 0.335 e. The second kappa shape index (κ2) is 4.99. The molecule has 4 N–H and O–H groups in total. The van der Waals surface area contributed by atoms with E-state index in [-0.39, 0.29) is 24.1 Å². The van der Waals surface area contributed by atoms with Crippen LogP contribution in [0.5, 0.6) is 0 Å². The van der Waals surface area contributed by atoms with Gasteiger partial charge in [0, 0.05) is 11.7 Å². The number of amides is 1. The SMILES string of the molecule is CC1(C(=O)Nc2ccc(C(=O)O)cc2)COCC1N. The Morgan fingerprint density at radius 1 is 1.42 bits per heavy atom. The Morgan fingerprint density at radius 3 is 2.53 bits per heavy atom. The van der Waals surface area contributed by atoms with Gasteiger partial charge in [0.25, 0.3) is 0 Å². The van der Waals surface area contributed by atoms with Crippen molar-refractivity contribution in [3.05, 3.63) is 29.8 Å². The molecule has 1 aliphatic rings. The van der Waals surface area contributed by atoms with E-state index in [0.29, 0.717) is 12.3 Å². The van der Waals surface area contributed by atoms with Gasteiger partial charge in [0.2, 0.25) is 5.91 Å². The second-order valence-electron chi connectivity index (χ2n) is 4.88. The molecule has 0 aromatic heterocycles. The van der Waals surface area contributed by atoms with Crippen molar-refractivity contribution in [2.75, 3.05) is 18.5 Å². The van der Waals surface area contributed by atoms with Gasteiger partial charge in [0.1, 0.15) is 0 Å². The van der Waals surface area contributed by atoms with Gasteiger partial charge in [-0.1, -0.05) is 0 Å². The van der Waals surface area contributed by atoms with Crippen molar-refractivity contribution < 1.29 is 19.4 Å². The van der Waals surface area contributed by atoms with Gasteiger partial charge in [0.05, 0.1) is 24.2 Å². The fraction of sp³-hybridized carbons (Fsp3) is 0.385. The molecule has 0 aliphatic carbocycles. The molecule has 0 saturated carbocycles. The standard InChI is InChI=1S/C13H16N2O4/c1-13(7-19-6-10(13)14)12(18)15-9-4-2-8(3-5-9)11(16)17/h2-5,10H,6-7,14H2,1H3,(H,15,18)(H,16,17). The molecule has 1 heterocycles. The fourth-order valence-corrected chi connectivity index (χ4v) is 1.89. The van der Waals surface area contributed by atoms with Crippen molar-refractivity contribution in [2.45, 2.75) is 13.0 Å². The van der Waals surface area contributed by atoms with Gasteiger partial charge < -0.3 is 20.9 Å². The fourth-order valence-electron chi connectivity index (χ4n) is 1.89. The smallest absolute Gasteiger partial charge is 0.335 e. The minimum absolute atomic E-state index is 0.171. The molecule has 1 aromatic carbocycles. The third kappa shape index (κ3) is 2.59. The molecule has 6 heteroatoms. The van der Waals surface area contributed by atoms with E-state index in [0.717, 1.165) is 0 Å². The van der Waals surface area contributed by atoms with Crippen LogP contribution in [-0.2, 0) is 9.53 Å². The van der Waals surface area contributed by atoms with Gasteiger partial charge >= 0.3 is 5.97 Å². The van der Waals surface area contributed by atoms with Crippen molar-refractivity contribution in [1.29, 1.82) is 0 Å². The highest BCUT2D eigenvalue weighted by atomic mass is 16.5. The number of carboxylic acids is 1. The zero-order valence-electron chi connectivity index (χ0n) is 10.6. The zero-order valence-corrected chi connectivity index (χ0v) is 10.6. The molecular weight excluding hydrogens is 248 g/mol. The maximum atomic E-state index is 12.2. The van der Waals surface area contributed by atoms with E-state index in [9.17, 15) is 9.59 Å². The molecule has 1 aliphatic heterocycles. The Bertz CT molecular complexity index is 500. The van der Waals surface area contributed by atoms with Gasteiger partial charge in [-0.25, -0.2) is 4.79 Å². The molecule has 2 atom stereocenters. The van der Waals surface area contributed by atoms with Crippen LogP contribution in [0, 0.1) is 5.41 Å². The summed E-state index contributed by atoms with van der Waals surface area (Å²) in [6.45, 7) is 2.40. The van der Waals surface area contributed by atoms with Crippen LogP contribution < -0.4 is 11.1 Å². The van der Waals surface area contributed by atoms with Crippen LogP contribution in [0.4, 0.5) is 5.69 Å². The van der Waals surface area contributed by atoms with Crippen LogP contribution in [-0.4, -0.2) is 36.2 Å².